The van der Waals surface area contributed by atoms with Crippen LogP contribution in [-0.4, -0.2) is 38.9 Å². The van der Waals surface area contributed by atoms with E-state index in [9.17, 15) is 0 Å². The van der Waals surface area contributed by atoms with Crippen molar-refractivity contribution in [2.45, 2.75) is 57.0 Å². The van der Waals surface area contributed by atoms with E-state index in [0.29, 0.717) is 9.83 Å². The fourth-order valence-corrected chi connectivity index (χ4v) is 2.98. The van der Waals surface area contributed by atoms with Gasteiger partial charge in [0.15, 0.2) is 0 Å². The second-order valence-electron chi connectivity index (χ2n) is 5.34. The van der Waals surface area contributed by atoms with Crippen molar-refractivity contribution >= 4 is 41.0 Å². The molecule has 0 saturated heterocycles. The first kappa shape index (κ1) is 18.5. The lowest BCUT2D eigenvalue weighted by molar-refractivity contribution is 0.000834. The van der Waals surface area contributed by atoms with Crippen LogP contribution < -0.4 is 0 Å². The van der Waals surface area contributed by atoms with Crippen LogP contribution in [-0.2, 0) is 4.84 Å². The summed E-state index contributed by atoms with van der Waals surface area (Å²) in [5.41, 5.74) is 0.943. The third-order valence-electron chi connectivity index (χ3n) is 1.85. The van der Waals surface area contributed by atoms with Crippen LogP contribution in [0.25, 0.3) is 0 Å². The molecule has 0 radical (unpaired) electrons. The quantitative estimate of drug-likeness (QED) is 0.367. The van der Waals surface area contributed by atoms with Gasteiger partial charge in [-0.15, -0.1) is 11.8 Å². The van der Waals surface area contributed by atoms with Crippen molar-refractivity contribution in [1.82, 2.24) is 0 Å². The maximum atomic E-state index is 5.54. The van der Waals surface area contributed by atoms with Gasteiger partial charge in [0.1, 0.15) is 5.60 Å². The van der Waals surface area contributed by atoms with Gasteiger partial charge in [-0.3, -0.25) is 0 Å². The minimum atomic E-state index is -0.205. The summed E-state index contributed by atoms with van der Waals surface area (Å²) in [4.78, 5) is 5.54. The number of rotatable bonds is 8. The lowest BCUT2D eigenvalue weighted by atomic mass is 10.2. The van der Waals surface area contributed by atoms with Gasteiger partial charge >= 0.3 is 0 Å². The van der Waals surface area contributed by atoms with Crippen LogP contribution >= 0.6 is 35.3 Å². The highest BCUT2D eigenvalue weighted by atomic mass is 32.2. The molecule has 1 unspecified atom stereocenters. The summed E-state index contributed by atoms with van der Waals surface area (Å²) in [5.74, 6) is 1.92. The van der Waals surface area contributed by atoms with Crippen LogP contribution in [0.5, 0.6) is 0 Å². The Morgan fingerprint density at radius 2 is 1.67 bits per heavy atom. The lowest BCUT2D eigenvalue weighted by Crippen LogP contribution is -2.19. The summed E-state index contributed by atoms with van der Waals surface area (Å²) in [6, 6.07) is 0. The number of nitrogens with zero attached hydrogens (tertiary/aromatic N) is 1. The molecule has 1 atom stereocenters. The molecule has 0 spiro atoms. The molecule has 2 nitrogen and oxygen atoms in total. The van der Waals surface area contributed by atoms with Gasteiger partial charge in [-0.2, -0.15) is 23.5 Å². The number of thioether (sulfide) groups is 3. The molecule has 108 valence electrons. The molecule has 0 saturated carbocycles. The zero-order valence-corrected chi connectivity index (χ0v) is 15.1. The van der Waals surface area contributed by atoms with Crippen molar-refractivity contribution in [1.29, 1.82) is 0 Å². The Bertz CT molecular complexity index is 249. The van der Waals surface area contributed by atoms with Crippen LogP contribution in [0.15, 0.2) is 5.16 Å². The van der Waals surface area contributed by atoms with Gasteiger partial charge in [0.05, 0.1) is 5.71 Å². The Hall–Kier alpha value is 0.520. The topological polar surface area (TPSA) is 21.6 Å². The molecule has 0 aliphatic carbocycles. The molecule has 0 heterocycles. The predicted molar refractivity (Wildman–Crippen MR) is 91.3 cm³/mol. The first-order valence-electron chi connectivity index (χ1n) is 6.24. The van der Waals surface area contributed by atoms with Gasteiger partial charge in [-0.05, 0) is 39.2 Å². The van der Waals surface area contributed by atoms with Crippen molar-refractivity contribution in [3.05, 3.63) is 0 Å². The van der Waals surface area contributed by atoms with Crippen molar-refractivity contribution < 1.29 is 4.84 Å². The molecular formula is C13H27NOS3. The molecule has 0 fully saturated rings. The van der Waals surface area contributed by atoms with E-state index in [2.05, 4.69) is 32.2 Å². The molecule has 0 aliphatic rings. The van der Waals surface area contributed by atoms with Crippen molar-refractivity contribution in [3.8, 4) is 0 Å². The number of hydrogen-bond acceptors (Lipinski definition) is 5. The molecule has 0 amide bonds. The number of hydrogen-bond donors (Lipinski definition) is 0. The monoisotopic (exact) mass is 309 g/mol. The van der Waals surface area contributed by atoms with Crippen molar-refractivity contribution in [2.24, 2.45) is 5.16 Å². The van der Waals surface area contributed by atoms with E-state index in [1.807, 2.05) is 56.1 Å². The second kappa shape index (κ2) is 9.43. The van der Waals surface area contributed by atoms with Crippen LogP contribution in [0.1, 0.15) is 41.5 Å². The third-order valence-corrected chi connectivity index (χ3v) is 5.63. The molecular weight excluding hydrogens is 282 g/mol. The van der Waals surface area contributed by atoms with E-state index < -0.39 is 0 Å². The fraction of sp³-hybridized carbons (Fsp3) is 0.923. The smallest absolute Gasteiger partial charge is 0.129 e. The summed E-state index contributed by atoms with van der Waals surface area (Å²) in [7, 11) is 0. The standard InChI is InChI=1S/C13H27NOS3/c1-10(2)17-8-12(9-18-11(3)16-7)14-15-13(4,5)6/h10-11H,8-9H2,1-7H3/b14-12-. The molecule has 0 bridgehead atoms. The zero-order chi connectivity index (χ0) is 14.2. The summed E-state index contributed by atoms with van der Waals surface area (Å²) < 4.78 is 0.605. The molecule has 0 aliphatic heterocycles. The van der Waals surface area contributed by atoms with E-state index in [1.54, 1.807) is 0 Å². The normalized spacial score (nSPS) is 15.0. The largest absolute Gasteiger partial charge is 0.390 e. The Labute approximate surface area is 125 Å². The third kappa shape index (κ3) is 11.6. The van der Waals surface area contributed by atoms with Gasteiger partial charge in [0.2, 0.25) is 0 Å². The minimum absolute atomic E-state index is 0.205. The molecule has 0 aromatic carbocycles. The highest BCUT2D eigenvalue weighted by molar-refractivity contribution is 8.17. The van der Waals surface area contributed by atoms with E-state index >= 15 is 0 Å². The molecule has 0 N–H and O–H groups in total. The first-order valence-corrected chi connectivity index (χ1v) is 9.63. The molecule has 18 heavy (non-hydrogen) atoms. The summed E-state index contributed by atoms with van der Waals surface area (Å²) >= 11 is 5.72. The zero-order valence-electron chi connectivity index (χ0n) is 12.6. The summed E-state index contributed by atoms with van der Waals surface area (Å²) in [5, 5.41) is 4.97. The Morgan fingerprint density at radius 3 is 2.11 bits per heavy atom. The van der Waals surface area contributed by atoms with E-state index in [1.165, 1.54) is 0 Å². The van der Waals surface area contributed by atoms with E-state index in [-0.39, 0.29) is 5.60 Å². The molecule has 0 rings (SSSR count). The molecule has 0 aromatic heterocycles. The fourth-order valence-electron chi connectivity index (χ4n) is 0.840. The van der Waals surface area contributed by atoms with Gasteiger partial charge < -0.3 is 4.84 Å². The Balaban J connectivity index is 4.32. The highest BCUT2D eigenvalue weighted by Gasteiger charge is 2.12. The summed E-state index contributed by atoms with van der Waals surface area (Å²) in [6.07, 6.45) is 2.14. The second-order valence-corrected chi connectivity index (χ2v) is 9.71. The maximum Gasteiger partial charge on any atom is 0.129 e. The van der Waals surface area contributed by atoms with Gasteiger partial charge in [0.25, 0.3) is 0 Å². The van der Waals surface area contributed by atoms with Gasteiger partial charge in [-0.1, -0.05) is 19.0 Å². The first-order chi connectivity index (χ1) is 8.24. The van der Waals surface area contributed by atoms with Crippen LogP contribution in [0, 0.1) is 0 Å². The van der Waals surface area contributed by atoms with E-state index in [4.69, 9.17) is 4.84 Å². The minimum Gasteiger partial charge on any atom is -0.390 e. The van der Waals surface area contributed by atoms with Gasteiger partial charge in [-0.25, -0.2) is 0 Å². The predicted octanol–water partition coefficient (Wildman–Crippen LogP) is 4.74. The van der Waals surface area contributed by atoms with Crippen LogP contribution in [0.2, 0.25) is 0 Å². The Kier molecular flexibility index (Phi) is 9.70. The molecule has 5 heteroatoms. The summed E-state index contributed by atoms with van der Waals surface area (Å²) in [6.45, 7) is 12.7. The highest BCUT2D eigenvalue weighted by Crippen LogP contribution is 2.22. The van der Waals surface area contributed by atoms with Gasteiger partial charge in [0, 0.05) is 16.1 Å². The SMILES string of the molecule is CSC(C)SC/C(CSC(C)C)=N\OC(C)(C)C. The lowest BCUT2D eigenvalue weighted by Gasteiger charge is -2.18. The van der Waals surface area contributed by atoms with Crippen molar-refractivity contribution in [3.63, 3.8) is 0 Å². The molecule has 0 aromatic rings. The average molecular weight is 310 g/mol. The van der Waals surface area contributed by atoms with Crippen LogP contribution in [0.3, 0.4) is 0 Å². The average Bonchev–Trinajstić information content (AvgIpc) is 2.25. The number of oxime groups is 1. The van der Waals surface area contributed by atoms with Crippen molar-refractivity contribution in [2.75, 3.05) is 17.8 Å². The Morgan fingerprint density at radius 1 is 1.11 bits per heavy atom. The van der Waals surface area contributed by atoms with E-state index in [0.717, 1.165) is 17.2 Å². The van der Waals surface area contributed by atoms with Crippen LogP contribution in [0.4, 0.5) is 0 Å². The maximum absolute atomic E-state index is 5.54.